The molecule has 1 saturated carbocycles. The maximum atomic E-state index is 6.41. The fourth-order valence-electron chi connectivity index (χ4n) is 3.44. The number of aromatic nitrogens is 2. The SMILES string of the molecule is CCCNCC1CCCCC1Cc1c(Cl)c(C)nn1C. The van der Waals surface area contributed by atoms with E-state index in [0.29, 0.717) is 0 Å². The molecule has 1 N–H and O–H groups in total. The average molecular weight is 298 g/mol. The zero-order valence-electron chi connectivity index (χ0n) is 13.1. The molecule has 2 unspecified atom stereocenters. The Morgan fingerprint density at radius 1 is 1.30 bits per heavy atom. The molecule has 0 amide bonds. The molecule has 1 heterocycles. The van der Waals surface area contributed by atoms with Crippen LogP contribution in [0.25, 0.3) is 0 Å². The molecule has 114 valence electrons. The first-order valence-electron chi connectivity index (χ1n) is 8.02. The van der Waals surface area contributed by atoms with Crippen LogP contribution in [0, 0.1) is 18.8 Å². The third kappa shape index (κ3) is 3.76. The highest BCUT2D eigenvalue weighted by molar-refractivity contribution is 6.31. The Balaban J connectivity index is 2.00. The van der Waals surface area contributed by atoms with Crippen molar-refractivity contribution in [3.05, 3.63) is 16.4 Å². The van der Waals surface area contributed by atoms with Crippen LogP contribution in [0.2, 0.25) is 5.02 Å². The fourth-order valence-corrected chi connectivity index (χ4v) is 3.67. The minimum atomic E-state index is 0.750. The minimum absolute atomic E-state index is 0.750. The Bertz CT molecular complexity index is 428. The van der Waals surface area contributed by atoms with Crippen LogP contribution in [0.3, 0.4) is 0 Å². The van der Waals surface area contributed by atoms with Gasteiger partial charge in [0.05, 0.1) is 16.4 Å². The largest absolute Gasteiger partial charge is 0.316 e. The van der Waals surface area contributed by atoms with E-state index in [0.717, 1.165) is 42.1 Å². The Morgan fingerprint density at radius 3 is 2.60 bits per heavy atom. The zero-order valence-corrected chi connectivity index (χ0v) is 13.8. The summed E-state index contributed by atoms with van der Waals surface area (Å²) in [6, 6.07) is 0. The van der Waals surface area contributed by atoms with Crippen molar-refractivity contribution in [2.75, 3.05) is 13.1 Å². The fraction of sp³-hybridized carbons (Fsp3) is 0.812. The van der Waals surface area contributed by atoms with E-state index < -0.39 is 0 Å². The Morgan fingerprint density at radius 2 is 2.00 bits per heavy atom. The van der Waals surface area contributed by atoms with Gasteiger partial charge in [0.25, 0.3) is 0 Å². The van der Waals surface area contributed by atoms with Gasteiger partial charge >= 0.3 is 0 Å². The van der Waals surface area contributed by atoms with E-state index in [1.165, 1.54) is 37.8 Å². The first kappa shape index (κ1) is 15.8. The van der Waals surface area contributed by atoms with Gasteiger partial charge in [-0.05, 0) is 57.5 Å². The third-order valence-electron chi connectivity index (χ3n) is 4.62. The lowest BCUT2D eigenvalue weighted by atomic mass is 9.77. The van der Waals surface area contributed by atoms with Crippen molar-refractivity contribution in [2.24, 2.45) is 18.9 Å². The molecular formula is C16H28ClN3. The van der Waals surface area contributed by atoms with Gasteiger partial charge in [0.1, 0.15) is 0 Å². The summed E-state index contributed by atoms with van der Waals surface area (Å²) in [6.45, 7) is 6.51. The number of nitrogens with zero attached hydrogens (tertiary/aromatic N) is 2. The molecular weight excluding hydrogens is 270 g/mol. The number of hydrogen-bond donors (Lipinski definition) is 1. The molecule has 0 bridgehead atoms. The van der Waals surface area contributed by atoms with Gasteiger partial charge in [-0.25, -0.2) is 0 Å². The molecule has 4 heteroatoms. The number of rotatable bonds is 6. The van der Waals surface area contributed by atoms with E-state index in [1.54, 1.807) is 0 Å². The summed E-state index contributed by atoms with van der Waals surface area (Å²) in [6.07, 6.45) is 7.73. The summed E-state index contributed by atoms with van der Waals surface area (Å²) in [5.41, 5.74) is 2.18. The van der Waals surface area contributed by atoms with E-state index in [9.17, 15) is 0 Å². The second-order valence-electron chi connectivity index (χ2n) is 6.18. The van der Waals surface area contributed by atoms with Crippen molar-refractivity contribution in [1.29, 1.82) is 0 Å². The van der Waals surface area contributed by atoms with E-state index in [2.05, 4.69) is 17.3 Å². The van der Waals surface area contributed by atoms with Crippen LogP contribution in [0.15, 0.2) is 0 Å². The van der Waals surface area contributed by atoms with E-state index >= 15 is 0 Å². The molecule has 1 aliphatic rings. The summed E-state index contributed by atoms with van der Waals surface area (Å²) in [5, 5.41) is 8.92. The third-order valence-corrected chi connectivity index (χ3v) is 5.11. The van der Waals surface area contributed by atoms with Gasteiger partial charge in [-0.15, -0.1) is 0 Å². The average Bonchev–Trinajstić information content (AvgIpc) is 2.67. The van der Waals surface area contributed by atoms with Crippen LogP contribution >= 0.6 is 11.6 Å². The molecule has 1 aromatic heterocycles. The summed E-state index contributed by atoms with van der Waals surface area (Å²) >= 11 is 6.41. The first-order valence-corrected chi connectivity index (χ1v) is 8.40. The molecule has 2 rings (SSSR count). The Kier molecular flexibility index (Phi) is 5.91. The lowest BCUT2D eigenvalue weighted by Crippen LogP contribution is -2.32. The van der Waals surface area contributed by atoms with Crippen molar-refractivity contribution in [3.63, 3.8) is 0 Å². The second-order valence-corrected chi connectivity index (χ2v) is 6.56. The number of halogens is 1. The molecule has 0 radical (unpaired) electrons. The maximum absolute atomic E-state index is 6.41. The summed E-state index contributed by atoms with van der Waals surface area (Å²) in [4.78, 5) is 0. The first-order chi connectivity index (χ1) is 9.63. The normalized spacial score (nSPS) is 23.2. The lowest BCUT2D eigenvalue weighted by molar-refractivity contribution is 0.226. The van der Waals surface area contributed by atoms with E-state index in [1.807, 2.05) is 18.7 Å². The van der Waals surface area contributed by atoms with Crippen LogP contribution in [-0.2, 0) is 13.5 Å². The monoisotopic (exact) mass is 297 g/mol. The minimum Gasteiger partial charge on any atom is -0.316 e. The number of aryl methyl sites for hydroxylation is 2. The van der Waals surface area contributed by atoms with Crippen LogP contribution in [0.5, 0.6) is 0 Å². The van der Waals surface area contributed by atoms with Crippen molar-refractivity contribution >= 4 is 11.6 Å². The van der Waals surface area contributed by atoms with Gasteiger partial charge in [-0.3, -0.25) is 4.68 Å². The molecule has 1 aliphatic carbocycles. The lowest BCUT2D eigenvalue weighted by Gasteiger charge is -2.32. The summed E-state index contributed by atoms with van der Waals surface area (Å²) in [5.74, 6) is 1.54. The highest BCUT2D eigenvalue weighted by Gasteiger charge is 2.27. The van der Waals surface area contributed by atoms with Crippen LogP contribution in [-0.4, -0.2) is 22.9 Å². The predicted molar refractivity (Wildman–Crippen MR) is 85.3 cm³/mol. The Hall–Kier alpha value is -0.540. The molecule has 20 heavy (non-hydrogen) atoms. The van der Waals surface area contributed by atoms with Crippen molar-refractivity contribution < 1.29 is 0 Å². The molecule has 0 saturated heterocycles. The quantitative estimate of drug-likeness (QED) is 0.811. The number of hydrogen-bond acceptors (Lipinski definition) is 2. The van der Waals surface area contributed by atoms with Gasteiger partial charge in [-0.1, -0.05) is 31.4 Å². The van der Waals surface area contributed by atoms with Gasteiger partial charge in [0.15, 0.2) is 0 Å². The molecule has 0 aromatic carbocycles. The van der Waals surface area contributed by atoms with Gasteiger partial charge in [0.2, 0.25) is 0 Å². The van der Waals surface area contributed by atoms with Crippen molar-refractivity contribution in [2.45, 2.75) is 52.4 Å². The molecule has 0 spiro atoms. The second kappa shape index (κ2) is 7.46. The van der Waals surface area contributed by atoms with E-state index in [-0.39, 0.29) is 0 Å². The number of nitrogens with one attached hydrogen (secondary N) is 1. The Labute approximate surface area is 128 Å². The summed E-state index contributed by atoms with van der Waals surface area (Å²) < 4.78 is 1.98. The smallest absolute Gasteiger partial charge is 0.0847 e. The molecule has 3 nitrogen and oxygen atoms in total. The van der Waals surface area contributed by atoms with Crippen LogP contribution in [0.1, 0.15) is 50.4 Å². The molecule has 0 aliphatic heterocycles. The highest BCUT2D eigenvalue weighted by Crippen LogP contribution is 2.34. The highest BCUT2D eigenvalue weighted by atomic mass is 35.5. The standard InChI is InChI=1S/C16H28ClN3/c1-4-9-18-11-14-8-6-5-7-13(14)10-15-16(17)12(2)19-20(15)3/h13-14,18H,4-11H2,1-3H3. The van der Waals surface area contributed by atoms with Gasteiger partial charge in [-0.2, -0.15) is 5.10 Å². The molecule has 2 atom stereocenters. The van der Waals surface area contributed by atoms with Crippen molar-refractivity contribution in [3.8, 4) is 0 Å². The summed E-state index contributed by atoms with van der Waals surface area (Å²) in [7, 11) is 2.02. The van der Waals surface area contributed by atoms with Crippen LogP contribution in [0.4, 0.5) is 0 Å². The zero-order chi connectivity index (χ0) is 14.5. The topological polar surface area (TPSA) is 29.9 Å². The van der Waals surface area contributed by atoms with Gasteiger partial charge in [0, 0.05) is 7.05 Å². The van der Waals surface area contributed by atoms with E-state index in [4.69, 9.17) is 11.6 Å². The van der Waals surface area contributed by atoms with Crippen LogP contribution < -0.4 is 5.32 Å². The maximum Gasteiger partial charge on any atom is 0.0847 e. The molecule has 1 fully saturated rings. The van der Waals surface area contributed by atoms with Gasteiger partial charge < -0.3 is 5.32 Å². The predicted octanol–water partition coefficient (Wildman–Crippen LogP) is 3.73. The van der Waals surface area contributed by atoms with Crippen molar-refractivity contribution in [1.82, 2.24) is 15.1 Å². The molecule has 1 aromatic rings.